The molecule has 1 heterocycles. The zero-order chi connectivity index (χ0) is 10.0. The van der Waals surface area contributed by atoms with Gasteiger partial charge in [-0.1, -0.05) is 22.6 Å². The summed E-state index contributed by atoms with van der Waals surface area (Å²) in [5.74, 6) is -0.373. The number of carbonyl (C=O) groups excluding carboxylic acids is 2. The van der Waals surface area contributed by atoms with Crippen LogP contribution in [0.4, 0.5) is 0 Å². The first-order valence-corrected chi connectivity index (χ1v) is 5.33. The van der Waals surface area contributed by atoms with Gasteiger partial charge in [-0.15, -0.1) is 0 Å². The van der Waals surface area contributed by atoms with Crippen LogP contribution in [0.15, 0.2) is 0 Å². The summed E-state index contributed by atoms with van der Waals surface area (Å²) >= 11 is 2.17. The van der Waals surface area contributed by atoms with Gasteiger partial charge >= 0.3 is 5.97 Å². The van der Waals surface area contributed by atoms with E-state index in [1.165, 1.54) is 14.0 Å². The van der Waals surface area contributed by atoms with E-state index < -0.39 is 0 Å². The average Bonchev–Trinajstić information content (AvgIpc) is 2.45. The highest BCUT2D eigenvalue weighted by Gasteiger charge is 2.38. The van der Waals surface area contributed by atoms with Crippen LogP contribution in [0.3, 0.4) is 0 Å². The third kappa shape index (κ3) is 2.12. The number of nitrogens with zero attached hydrogens (tertiary/aromatic N) is 1. The van der Waals surface area contributed by atoms with Crippen LogP contribution in [0, 0.1) is 0 Å². The molecular weight excluding hydrogens is 285 g/mol. The van der Waals surface area contributed by atoms with E-state index in [2.05, 4.69) is 27.3 Å². The Morgan fingerprint density at radius 1 is 1.46 bits per heavy atom. The molecule has 1 saturated heterocycles. The van der Waals surface area contributed by atoms with Gasteiger partial charge in [0.05, 0.1) is 11.2 Å². The molecule has 0 aliphatic carbocycles. The standard InChI is InChI=1S/C8H12INO3/c1-5(11)10-6(8(12)13-2)3-4-7(10)9/h6-7H,3-4H2,1-2H3/t6-,7-/m0/s1. The van der Waals surface area contributed by atoms with Crippen LogP contribution in [0.1, 0.15) is 19.8 Å². The second-order valence-electron chi connectivity index (χ2n) is 2.98. The highest BCUT2D eigenvalue weighted by Crippen LogP contribution is 2.29. The number of esters is 1. The van der Waals surface area contributed by atoms with Crippen molar-refractivity contribution in [3.8, 4) is 0 Å². The van der Waals surface area contributed by atoms with Gasteiger partial charge in [-0.2, -0.15) is 0 Å². The van der Waals surface area contributed by atoms with Crippen molar-refractivity contribution in [2.45, 2.75) is 29.9 Å². The number of ether oxygens (including phenoxy) is 1. The fraction of sp³-hybridized carbons (Fsp3) is 0.750. The third-order valence-electron chi connectivity index (χ3n) is 2.15. The smallest absolute Gasteiger partial charge is 0.328 e. The fourth-order valence-corrected chi connectivity index (χ4v) is 2.69. The zero-order valence-corrected chi connectivity index (χ0v) is 9.78. The van der Waals surface area contributed by atoms with E-state index in [0.29, 0.717) is 6.42 Å². The van der Waals surface area contributed by atoms with E-state index >= 15 is 0 Å². The Labute approximate surface area is 90.7 Å². The Hall–Kier alpha value is -0.330. The Morgan fingerprint density at radius 2 is 2.08 bits per heavy atom. The third-order valence-corrected chi connectivity index (χ3v) is 3.38. The molecule has 4 nitrogen and oxygen atoms in total. The minimum atomic E-state index is -0.371. The van der Waals surface area contributed by atoms with Gasteiger partial charge in [0.2, 0.25) is 5.91 Å². The molecule has 0 aromatic heterocycles. The number of alkyl halides is 1. The highest BCUT2D eigenvalue weighted by molar-refractivity contribution is 14.1. The van der Waals surface area contributed by atoms with Gasteiger partial charge < -0.3 is 9.64 Å². The second kappa shape index (κ2) is 4.26. The SMILES string of the molecule is COC(=O)[C@@H]1CC[C@@H](I)N1C(C)=O. The molecule has 0 saturated carbocycles. The first-order valence-electron chi connectivity index (χ1n) is 4.08. The molecule has 0 spiro atoms. The molecular formula is C8H12INO3. The van der Waals surface area contributed by atoms with Gasteiger partial charge in [0.25, 0.3) is 0 Å². The van der Waals surface area contributed by atoms with Crippen LogP contribution in [0.2, 0.25) is 0 Å². The van der Waals surface area contributed by atoms with Crippen LogP contribution in [0.25, 0.3) is 0 Å². The lowest BCUT2D eigenvalue weighted by atomic mass is 10.2. The molecule has 0 aromatic rings. The van der Waals surface area contributed by atoms with Crippen molar-refractivity contribution in [2.24, 2.45) is 0 Å². The topological polar surface area (TPSA) is 46.6 Å². The number of rotatable bonds is 1. The molecule has 13 heavy (non-hydrogen) atoms. The van der Waals surface area contributed by atoms with Crippen LogP contribution in [-0.4, -0.2) is 34.0 Å². The molecule has 1 aliphatic rings. The number of methoxy groups -OCH3 is 1. The van der Waals surface area contributed by atoms with Gasteiger partial charge in [0.1, 0.15) is 6.04 Å². The van der Waals surface area contributed by atoms with Crippen molar-refractivity contribution in [1.82, 2.24) is 4.90 Å². The highest BCUT2D eigenvalue weighted by atomic mass is 127. The predicted molar refractivity (Wildman–Crippen MR) is 55.4 cm³/mol. The summed E-state index contributed by atoms with van der Waals surface area (Å²) in [5.41, 5.74) is 0. The van der Waals surface area contributed by atoms with E-state index in [0.717, 1.165) is 6.42 Å². The Kier molecular flexibility index (Phi) is 3.52. The van der Waals surface area contributed by atoms with Crippen molar-refractivity contribution in [3.05, 3.63) is 0 Å². The monoisotopic (exact) mass is 297 g/mol. The van der Waals surface area contributed by atoms with Crippen molar-refractivity contribution in [1.29, 1.82) is 0 Å². The van der Waals surface area contributed by atoms with Crippen molar-refractivity contribution >= 4 is 34.5 Å². The van der Waals surface area contributed by atoms with E-state index in [-0.39, 0.29) is 22.0 Å². The summed E-state index contributed by atoms with van der Waals surface area (Å²) in [6, 6.07) is -0.371. The van der Waals surface area contributed by atoms with Crippen LogP contribution < -0.4 is 0 Å². The maximum absolute atomic E-state index is 11.3. The van der Waals surface area contributed by atoms with E-state index in [4.69, 9.17) is 0 Å². The summed E-state index contributed by atoms with van der Waals surface area (Å²) < 4.78 is 4.75. The molecule has 0 aromatic carbocycles. The van der Waals surface area contributed by atoms with Gasteiger partial charge in [0, 0.05) is 6.92 Å². The number of halogens is 1. The van der Waals surface area contributed by atoms with Gasteiger partial charge in [-0.3, -0.25) is 4.79 Å². The van der Waals surface area contributed by atoms with Crippen molar-refractivity contribution < 1.29 is 14.3 Å². The Bertz CT molecular complexity index is 231. The first-order chi connectivity index (χ1) is 6.07. The lowest BCUT2D eigenvalue weighted by molar-refractivity contribution is -0.150. The van der Waals surface area contributed by atoms with E-state index in [9.17, 15) is 9.59 Å². The summed E-state index contributed by atoms with van der Waals surface area (Å²) in [4.78, 5) is 24.0. The molecule has 5 heteroatoms. The predicted octanol–water partition coefficient (Wildman–Crippen LogP) is 0.931. The zero-order valence-electron chi connectivity index (χ0n) is 7.62. The molecule has 1 fully saturated rings. The maximum atomic E-state index is 11.3. The summed E-state index contributed by atoms with van der Waals surface area (Å²) in [6.45, 7) is 1.48. The minimum absolute atomic E-state index is 0.0627. The van der Waals surface area contributed by atoms with Gasteiger partial charge in [-0.05, 0) is 12.8 Å². The van der Waals surface area contributed by atoms with Gasteiger partial charge in [-0.25, -0.2) is 4.79 Å². The molecule has 0 unspecified atom stereocenters. The number of carbonyl (C=O) groups is 2. The van der Waals surface area contributed by atoms with Crippen LogP contribution in [0.5, 0.6) is 0 Å². The lowest BCUT2D eigenvalue weighted by Crippen LogP contribution is -2.42. The average molecular weight is 297 g/mol. The molecule has 1 aliphatic heterocycles. The molecule has 0 bridgehead atoms. The maximum Gasteiger partial charge on any atom is 0.328 e. The minimum Gasteiger partial charge on any atom is -0.467 e. The quantitative estimate of drug-likeness (QED) is 0.313. The van der Waals surface area contributed by atoms with Gasteiger partial charge in [0.15, 0.2) is 0 Å². The lowest BCUT2D eigenvalue weighted by Gasteiger charge is -2.24. The molecule has 0 N–H and O–H groups in total. The largest absolute Gasteiger partial charge is 0.467 e. The molecule has 74 valence electrons. The number of hydrogen-bond donors (Lipinski definition) is 0. The Balaban J connectivity index is 2.75. The molecule has 1 rings (SSSR count). The van der Waals surface area contributed by atoms with E-state index in [1.54, 1.807) is 4.90 Å². The number of likely N-dealkylation sites (tertiary alicyclic amines) is 1. The van der Waals surface area contributed by atoms with Crippen molar-refractivity contribution in [3.63, 3.8) is 0 Å². The summed E-state index contributed by atoms with van der Waals surface area (Å²) in [6.07, 6.45) is 1.57. The van der Waals surface area contributed by atoms with E-state index in [1.807, 2.05) is 0 Å². The fourth-order valence-electron chi connectivity index (χ4n) is 1.55. The summed E-state index contributed by atoms with van der Waals surface area (Å²) in [7, 11) is 1.35. The van der Waals surface area contributed by atoms with Crippen LogP contribution in [-0.2, 0) is 14.3 Å². The molecule has 0 radical (unpaired) electrons. The second-order valence-corrected chi connectivity index (χ2v) is 4.41. The number of amides is 1. The normalized spacial score (nSPS) is 27.5. The van der Waals surface area contributed by atoms with Crippen LogP contribution >= 0.6 is 22.6 Å². The van der Waals surface area contributed by atoms with Crippen molar-refractivity contribution in [2.75, 3.05) is 7.11 Å². The number of hydrogen-bond acceptors (Lipinski definition) is 3. The summed E-state index contributed by atoms with van der Waals surface area (Å²) in [5, 5.41) is 0. The Morgan fingerprint density at radius 3 is 2.54 bits per heavy atom. The first kappa shape index (κ1) is 10.7. The molecule has 1 amide bonds. The molecule has 2 atom stereocenters.